The van der Waals surface area contributed by atoms with Crippen molar-refractivity contribution in [2.24, 2.45) is 0 Å². The van der Waals surface area contributed by atoms with E-state index in [1.165, 1.54) is 16.7 Å². The zero-order valence-corrected chi connectivity index (χ0v) is 15.2. The lowest BCUT2D eigenvalue weighted by molar-refractivity contribution is 0.446. The molecule has 2 aromatic rings. The molecule has 0 bridgehead atoms. The molecule has 0 aliphatic carbocycles. The first-order valence-electron chi connectivity index (χ1n) is 7.95. The molecule has 2 aromatic carbocycles. The minimum Gasteiger partial charge on any atom is -0.546 e. The van der Waals surface area contributed by atoms with Gasteiger partial charge < -0.3 is 9.16 Å². The van der Waals surface area contributed by atoms with Crippen molar-refractivity contribution in [3.63, 3.8) is 0 Å². The number of hydrogen-bond acceptors (Lipinski definition) is 2. The summed E-state index contributed by atoms with van der Waals surface area (Å²) in [5.74, 6) is 2.96. The summed E-state index contributed by atoms with van der Waals surface area (Å²) < 4.78 is 12.4. The third kappa shape index (κ3) is 2.78. The smallest absolute Gasteiger partial charge is 0.229 e. The molecule has 0 aromatic heterocycles. The summed E-state index contributed by atoms with van der Waals surface area (Å²) in [7, 11) is -1.19. The van der Waals surface area contributed by atoms with Crippen molar-refractivity contribution < 1.29 is 9.16 Å². The average molecular weight is 312 g/mol. The number of rotatable bonds is 2. The van der Waals surface area contributed by atoms with Crippen molar-refractivity contribution in [3.8, 4) is 17.2 Å². The number of hydrogen-bond donors (Lipinski definition) is 0. The lowest BCUT2D eigenvalue weighted by Crippen LogP contribution is -2.20. The third-order valence-corrected chi connectivity index (χ3v) is 4.65. The Hall–Kier alpha value is -1.74. The molecule has 0 fully saturated rings. The fourth-order valence-corrected chi connectivity index (χ4v) is 3.63. The summed E-state index contributed by atoms with van der Waals surface area (Å²) in [6, 6.07) is 12.5. The summed E-state index contributed by atoms with van der Waals surface area (Å²) in [4.78, 5) is 0. The van der Waals surface area contributed by atoms with Gasteiger partial charge in [-0.2, -0.15) is 0 Å². The molecule has 0 saturated heterocycles. The summed E-state index contributed by atoms with van der Waals surface area (Å²) in [6.07, 6.45) is 0.881. The quantitative estimate of drug-likeness (QED) is 0.617. The van der Waals surface area contributed by atoms with Gasteiger partial charge >= 0.3 is 0 Å². The molecule has 3 rings (SSSR count). The molecule has 1 aliphatic heterocycles. The predicted octanol–water partition coefficient (Wildman–Crippen LogP) is 5.04. The fourth-order valence-electron chi connectivity index (χ4n) is 2.89. The van der Waals surface area contributed by atoms with Gasteiger partial charge in [0.05, 0.1) is 0 Å². The van der Waals surface area contributed by atoms with E-state index in [0.717, 1.165) is 23.7 Å². The van der Waals surface area contributed by atoms with E-state index >= 15 is 0 Å². The van der Waals surface area contributed by atoms with E-state index in [1.807, 2.05) is 12.1 Å². The lowest BCUT2D eigenvalue weighted by Gasteiger charge is -2.30. The fraction of sp³-hybridized carbons (Fsp3) is 0.368. The molecular formula is C19H24O2Si. The Morgan fingerprint density at radius 1 is 1.00 bits per heavy atom. The van der Waals surface area contributed by atoms with E-state index in [0.29, 0.717) is 0 Å². The molecule has 3 heteroatoms. The van der Waals surface area contributed by atoms with Crippen molar-refractivity contribution in [1.29, 1.82) is 0 Å². The van der Waals surface area contributed by atoms with Crippen LogP contribution in [0.4, 0.5) is 0 Å². The number of ether oxygens (including phenoxy) is 1. The molecule has 0 spiro atoms. The minimum atomic E-state index is -1.19. The number of fused-ring (bicyclic) bond motifs is 2. The van der Waals surface area contributed by atoms with Crippen LogP contribution in [0, 0.1) is 0 Å². The Bertz CT molecular complexity index is 699. The molecule has 0 N–H and O–H groups in total. The normalized spacial score (nSPS) is 13.4. The molecule has 0 unspecified atom stereocenters. The Kier molecular flexibility index (Phi) is 3.77. The van der Waals surface area contributed by atoms with Gasteiger partial charge in [0.25, 0.3) is 0 Å². The van der Waals surface area contributed by atoms with Gasteiger partial charge in [-0.3, -0.25) is 0 Å². The Labute approximate surface area is 134 Å². The molecule has 22 heavy (non-hydrogen) atoms. The first kappa shape index (κ1) is 15.2. The van der Waals surface area contributed by atoms with Crippen LogP contribution in [-0.4, -0.2) is 9.04 Å². The zero-order valence-electron chi connectivity index (χ0n) is 14.1. The average Bonchev–Trinajstić information content (AvgIpc) is 2.44. The maximum Gasteiger partial charge on any atom is 0.229 e. The second kappa shape index (κ2) is 5.47. The maximum atomic E-state index is 6.34. The monoisotopic (exact) mass is 312 g/mol. The SMILES string of the molecule is C[SiH](C)Oc1c(C(C)(C)C)ccc2c1Cc1ccccc1O2. The van der Waals surface area contributed by atoms with E-state index in [-0.39, 0.29) is 5.41 Å². The van der Waals surface area contributed by atoms with Crippen molar-refractivity contribution in [3.05, 3.63) is 53.1 Å². The topological polar surface area (TPSA) is 18.5 Å². The Morgan fingerprint density at radius 2 is 1.73 bits per heavy atom. The highest BCUT2D eigenvalue weighted by Crippen LogP contribution is 2.45. The summed E-state index contributed by atoms with van der Waals surface area (Å²) in [5, 5.41) is 0. The van der Waals surface area contributed by atoms with E-state index in [1.54, 1.807) is 0 Å². The van der Waals surface area contributed by atoms with Crippen molar-refractivity contribution in [2.45, 2.75) is 45.7 Å². The number of para-hydroxylation sites is 1. The second-order valence-electron chi connectivity index (χ2n) is 7.22. The van der Waals surface area contributed by atoms with E-state index in [2.05, 4.69) is 58.1 Å². The van der Waals surface area contributed by atoms with Crippen molar-refractivity contribution in [2.75, 3.05) is 0 Å². The zero-order chi connectivity index (χ0) is 15.9. The van der Waals surface area contributed by atoms with Crippen LogP contribution in [0.5, 0.6) is 17.2 Å². The van der Waals surface area contributed by atoms with Crippen LogP contribution in [-0.2, 0) is 11.8 Å². The van der Waals surface area contributed by atoms with Gasteiger partial charge in [0.1, 0.15) is 17.2 Å². The van der Waals surface area contributed by atoms with Gasteiger partial charge in [-0.05, 0) is 41.8 Å². The molecule has 0 radical (unpaired) electrons. The van der Waals surface area contributed by atoms with Gasteiger partial charge in [0.2, 0.25) is 9.04 Å². The molecular weight excluding hydrogens is 288 g/mol. The Balaban J connectivity index is 2.14. The first-order valence-corrected chi connectivity index (χ1v) is 10.7. The van der Waals surface area contributed by atoms with Gasteiger partial charge in [0, 0.05) is 12.0 Å². The van der Waals surface area contributed by atoms with E-state index in [4.69, 9.17) is 9.16 Å². The second-order valence-corrected chi connectivity index (χ2v) is 9.56. The standard InChI is InChI=1S/C19H24O2Si/c1-19(2,3)15-10-11-17-14(18(15)21-22(4)5)12-13-8-6-7-9-16(13)20-17/h6-11,22H,12H2,1-5H3. The highest BCUT2D eigenvalue weighted by Gasteiger charge is 2.27. The highest BCUT2D eigenvalue weighted by molar-refractivity contribution is 6.49. The summed E-state index contributed by atoms with van der Waals surface area (Å²) >= 11 is 0. The largest absolute Gasteiger partial charge is 0.546 e. The van der Waals surface area contributed by atoms with E-state index < -0.39 is 9.04 Å². The van der Waals surface area contributed by atoms with Crippen LogP contribution in [0.15, 0.2) is 36.4 Å². The molecule has 1 aliphatic rings. The molecule has 0 amide bonds. The van der Waals surface area contributed by atoms with Crippen LogP contribution in [0.2, 0.25) is 13.1 Å². The molecule has 0 atom stereocenters. The third-order valence-electron chi connectivity index (χ3n) is 3.94. The van der Waals surface area contributed by atoms with Crippen molar-refractivity contribution >= 4 is 9.04 Å². The van der Waals surface area contributed by atoms with Gasteiger partial charge in [-0.15, -0.1) is 0 Å². The van der Waals surface area contributed by atoms with Crippen LogP contribution in [0.1, 0.15) is 37.5 Å². The van der Waals surface area contributed by atoms with E-state index in [9.17, 15) is 0 Å². The molecule has 116 valence electrons. The molecule has 0 saturated carbocycles. The first-order chi connectivity index (χ1) is 10.4. The Morgan fingerprint density at radius 3 is 2.41 bits per heavy atom. The minimum absolute atomic E-state index is 0.0601. The van der Waals surface area contributed by atoms with Gasteiger partial charge in [0.15, 0.2) is 0 Å². The summed E-state index contributed by atoms with van der Waals surface area (Å²) in [5.41, 5.74) is 3.77. The number of benzene rings is 2. The maximum absolute atomic E-state index is 6.34. The summed E-state index contributed by atoms with van der Waals surface area (Å²) in [6.45, 7) is 11.1. The molecule has 2 nitrogen and oxygen atoms in total. The van der Waals surface area contributed by atoms with Crippen LogP contribution < -0.4 is 9.16 Å². The van der Waals surface area contributed by atoms with Crippen LogP contribution >= 0.6 is 0 Å². The highest BCUT2D eigenvalue weighted by atomic mass is 28.3. The molecule has 1 heterocycles. The van der Waals surface area contributed by atoms with Crippen LogP contribution in [0.3, 0.4) is 0 Å². The van der Waals surface area contributed by atoms with Gasteiger partial charge in [-0.25, -0.2) is 0 Å². The van der Waals surface area contributed by atoms with Crippen LogP contribution in [0.25, 0.3) is 0 Å². The lowest BCUT2D eigenvalue weighted by atomic mass is 9.84. The van der Waals surface area contributed by atoms with Gasteiger partial charge in [-0.1, -0.05) is 45.0 Å². The van der Waals surface area contributed by atoms with Crippen molar-refractivity contribution in [1.82, 2.24) is 0 Å². The predicted molar refractivity (Wildman–Crippen MR) is 94.0 cm³/mol.